The highest BCUT2D eigenvalue weighted by Crippen LogP contribution is 2.32. The van der Waals surface area contributed by atoms with Crippen LogP contribution in [0.5, 0.6) is 0 Å². The van der Waals surface area contributed by atoms with Gasteiger partial charge in [-0.2, -0.15) is 0 Å². The van der Waals surface area contributed by atoms with Crippen LogP contribution in [0, 0.1) is 11.7 Å². The number of pyridine rings is 1. The van der Waals surface area contributed by atoms with Crippen molar-refractivity contribution in [3.05, 3.63) is 64.7 Å². The summed E-state index contributed by atoms with van der Waals surface area (Å²) < 4.78 is 13.1. The van der Waals surface area contributed by atoms with Crippen LogP contribution in [-0.2, 0) is 6.42 Å². The highest BCUT2D eigenvalue weighted by molar-refractivity contribution is 6.33. The van der Waals surface area contributed by atoms with Crippen molar-refractivity contribution in [3.8, 4) is 0 Å². The molecular weight excluding hydrogens is 331 g/mol. The SMILES string of the molecule is O=C(N[C@@H](Cc1ccncc1)C1CC(O)C1)c1ccc(F)cc1Cl. The van der Waals surface area contributed by atoms with Gasteiger partial charge in [0.2, 0.25) is 0 Å². The third-order valence-corrected chi connectivity index (χ3v) is 4.73. The second-order valence-electron chi connectivity index (χ2n) is 6.15. The van der Waals surface area contributed by atoms with Crippen molar-refractivity contribution in [3.63, 3.8) is 0 Å². The van der Waals surface area contributed by atoms with E-state index in [9.17, 15) is 14.3 Å². The molecule has 0 spiro atoms. The Labute approximate surface area is 144 Å². The standard InChI is InChI=1S/C18H18ClFN2O2/c19-16-10-13(20)1-2-15(16)18(24)22-17(12-8-14(23)9-12)7-11-3-5-21-6-4-11/h1-6,10,12,14,17,23H,7-9H2,(H,22,24)/t12?,14?,17-/m0/s1. The van der Waals surface area contributed by atoms with E-state index in [0.717, 1.165) is 11.6 Å². The molecule has 1 aliphatic carbocycles. The molecule has 1 heterocycles. The lowest BCUT2D eigenvalue weighted by Gasteiger charge is -2.38. The van der Waals surface area contributed by atoms with Crippen molar-refractivity contribution in [2.45, 2.75) is 31.4 Å². The van der Waals surface area contributed by atoms with Gasteiger partial charge in [-0.1, -0.05) is 11.6 Å². The third kappa shape index (κ3) is 3.91. The summed E-state index contributed by atoms with van der Waals surface area (Å²) in [5, 5.41) is 12.6. The second-order valence-corrected chi connectivity index (χ2v) is 6.56. The number of hydrogen-bond acceptors (Lipinski definition) is 3. The fourth-order valence-electron chi connectivity index (χ4n) is 2.99. The number of carbonyl (C=O) groups excluding carboxylic acids is 1. The maximum atomic E-state index is 13.1. The lowest BCUT2D eigenvalue weighted by molar-refractivity contribution is 0.0239. The summed E-state index contributed by atoms with van der Waals surface area (Å²) in [5.41, 5.74) is 1.31. The van der Waals surface area contributed by atoms with Gasteiger partial charge in [0.05, 0.1) is 16.7 Å². The Morgan fingerprint density at radius 1 is 1.33 bits per heavy atom. The van der Waals surface area contributed by atoms with Crippen LogP contribution in [0.2, 0.25) is 5.02 Å². The first-order valence-corrected chi connectivity index (χ1v) is 8.23. The molecule has 3 rings (SSSR count). The van der Waals surface area contributed by atoms with Gasteiger partial charge in [0.1, 0.15) is 5.82 Å². The van der Waals surface area contributed by atoms with Gasteiger partial charge >= 0.3 is 0 Å². The van der Waals surface area contributed by atoms with Crippen LogP contribution in [0.15, 0.2) is 42.7 Å². The number of nitrogens with zero attached hydrogens (tertiary/aromatic N) is 1. The molecule has 1 aromatic carbocycles. The predicted molar refractivity (Wildman–Crippen MR) is 89.3 cm³/mol. The molecule has 2 N–H and O–H groups in total. The molecule has 1 atom stereocenters. The number of halogens is 2. The van der Waals surface area contributed by atoms with E-state index in [1.54, 1.807) is 12.4 Å². The number of hydrogen-bond donors (Lipinski definition) is 2. The summed E-state index contributed by atoms with van der Waals surface area (Å²) in [6.07, 6.45) is 5.08. The summed E-state index contributed by atoms with van der Waals surface area (Å²) in [7, 11) is 0. The molecular formula is C18H18ClFN2O2. The van der Waals surface area contributed by atoms with E-state index in [1.165, 1.54) is 12.1 Å². The predicted octanol–water partition coefficient (Wildman–Crippen LogP) is 2.99. The third-order valence-electron chi connectivity index (χ3n) is 4.42. The van der Waals surface area contributed by atoms with Gasteiger partial charge in [0.25, 0.3) is 5.91 Å². The maximum absolute atomic E-state index is 13.1. The molecule has 0 bridgehead atoms. The molecule has 0 radical (unpaired) electrons. The Bertz CT molecular complexity index is 720. The first-order valence-electron chi connectivity index (χ1n) is 7.86. The van der Waals surface area contributed by atoms with Gasteiger partial charge in [-0.25, -0.2) is 4.39 Å². The Balaban J connectivity index is 1.74. The fourth-order valence-corrected chi connectivity index (χ4v) is 3.24. The molecule has 24 heavy (non-hydrogen) atoms. The second kappa shape index (κ2) is 7.28. The minimum atomic E-state index is -0.480. The van der Waals surface area contributed by atoms with Crippen LogP contribution in [-0.4, -0.2) is 28.1 Å². The zero-order valence-corrected chi connectivity index (χ0v) is 13.7. The minimum absolute atomic E-state index is 0.0869. The van der Waals surface area contributed by atoms with Gasteiger partial charge in [0.15, 0.2) is 0 Å². The van der Waals surface area contributed by atoms with Crippen molar-refractivity contribution in [2.24, 2.45) is 5.92 Å². The lowest BCUT2D eigenvalue weighted by atomic mass is 9.75. The first-order chi connectivity index (χ1) is 11.5. The van der Waals surface area contributed by atoms with Gasteiger partial charge in [-0.05, 0) is 61.1 Å². The zero-order valence-electron chi connectivity index (χ0n) is 13.0. The summed E-state index contributed by atoms with van der Waals surface area (Å²) in [6, 6.07) is 7.40. The summed E-state index contributed by atoms with van der Waals surface area (Å²) in [5.74, 6) is -0.608. The van der Waals surface area contributed by atoms with E-state index in [-0.39, 0.29) is 34.6 Å². The molecule has 1 fully saturated rings. The largest absolute Gasteiger partial charge is 0.393 e. The van der Waals surface area contributed by atoms with Crippen LogP contribution >= 0.6 is 11.6 Å². The van der Waals surface area contributed by atoms with Crippen LogP contribution in [0.3, 0.4) is 0 Å². The quantitative estimate of drug-likeness (QED) is 0.873. The topological polar surface area (TPSA) is 62.2 Å². The van der Waals surface area contributed by atoms with E-state index in [2.05, 4.69) is 10.3 Å². The normalized spacial score (nSPS) is 21.0. The van der Waals surface area contributed by atoms with Crippen LogP contribution in [0.25, 0.3) is 0 Å². The summed E-state index contributed by atoms with van der Waals surface area (Å²) in [4.78, 5) is 16.5. The zero-order chi connectivity index (χ0) is 17.1. The van der Waals surface area contributed by atoms with E-state index >= 15 is 0 Å². The molecule has 4 nitrogen and oxygen atoms in total. The van der Waals surface area contributed by atoms with Crippen LogP contribution < -0.4 is 5.32 Å². The van der Waals surface area contributed by atoms with Gasteiger partial charge < -0.3 is 10.4 Å². The first kappa shape index (κ1) is 16.9. The van der Waals surface area contributed by atoms with Crippen molar-refractivity contribution in [1.29, 1.82) is 0 Å². The number of aliphatic hydroxyl groups is 1. The Morgan fingerprint density at radius 3 is 2.67 bits per heavy atom. The molecule has 1 saturated carbocycles. The molecule has 0 aliphatic heterocycles. The van der Waals surface area contributed by atoms with Gasteiger partial charge in [0, 0.05) is 18.4 Å². The van der Waals surface area contributed by atoms with E-state index in [1.807, 2.05) is 12.1 Å². The minimum Gasteiger partial charge on any atom is -0.393 e. The number of nitrogens with one attached hydrogen (secondary N) is 1. The van der Waals surface area contributed by atoms with Crippen molar-refractivity contribution in [1.82, 2.24) is 10.3 Å². The number of benzene rings is 1. The van der Waals surface area contributed by atoms with Crippen molar-refractivity contribution < 1.29 is 14.3 Å². The number of aromatic nitrogens is 1. The number of carbonyl (C=O) groups is 1. The highest BCUT2D eigenvalue weighted by Gasteiger charge is 2.35. The molecule has 1 aromatic heterocycles. The van der Waals surface area contributed by atoms with Gasteiger partial charge in [-0.3, -0.25) is 9.78 Å². The molecule has 1 amide bonds. The van der Waals surface area contributed by atoms with Crippen molar-refractivity contribution in [2.75, 3.05) is 0 Å². The average molecular weight is 349 g/mol. The number of rotatable bonds is 5. The Hall–Kier alpha value is -1.98. The molecule has 0 unspecified atom stereocenters. The highest BCUT2D eigenvalue weighted by atomic mass is 35.5. The van der Waals surface area contributed by atoms with E-state index < -0.39 is 5.82 Å². The molecule has 126 valence electrons. The molecule has 1 aliphatic rings. The molecule has 6 heteroatoms. The Morgan fingerprint density at radius 2 is 2.04 bits per heavy atom. The average Bonchev–Trinajstić information content (AvgIpc) is 2.52. The number of aliphatic hydroxyl groups excluding tert-OH is 1. The Kier molecular flexibility index (Phi) is 5.11. The smallest absolute Gasteiger partial charge is 0.253 e. The molecule has 2 aromatic rings. The number of amides is 1. The van der Waals surface area contributed by atoms with Crippen LogP contribution in [0.1, 0.15) is 28.8 Å². The van der Waals surface area contributed by atoms with Crippen molar-refractivity contribution >= 4 is 17.5 Å². The van der Waals surface area contributed by atoms with Gasteiger partial charge in [-0.15, -0.1) is 0 Å². The summed E-state index contributed by atoms with van der Waals surface area (Å²) in [6.45, 7) is 0. The fraction of sp³-hybridized carbons (Fsp3) is 0.333. The summed E-state index contributed by atoms with van der Waals surface area (Å²) >= 11 is 5.97. The van der Waals surface area contributed by atoms with E-state index in [4.69, 9.17) is 11.6 Å². The lowest BCUT2D eigenvalue weighted by Crippen LogP contribution is -2.48. The monoisotopic (exact) mass is 348 g/mol. The van der Waals surface area contributed by atoms with Crippen LogP contribution in [0.4, 0.5) is 4.39 Å². The van der Waals surface area contributed by atoms with E-state index in [0.29, 0.717) is 19.3 Å². The molecule has 0 saturated heterocycles. The maximum Gasteiger partial charge on any atom is 0.253 e.